The van der Waals surface area contributed by atoms with Gasteiger partial charge in [-0.25, -0.2) is 9.97 Å². The summed E-state index contributed by atoms with van der Waals surface area (Å²) >= 11 is 0. The summed E-state index contributed by atoms with van der Waals surface area (Å²) in [6.45, 7) is 6.14. The Kier molecular flexibility index (Phi) is 3.22. The van der Waals surface area contributed by atoms with Crippen LogP contribution in [-0.2, 0) is 6.42 Å². The van der Waals surface area contributed by atoms with Gasteiger partial charge in [-0.05, 0) is 6.42 Å². The SMILES string of the molecule is CCCc1ncc2nc(C(C)C)ncc2c1O. The summed E-state index contributed by atoms with van der Waals surface area (Å²) in [6, 6.07) is 0. The van der Waals surface area contributed by atoms with Crippen LogP contribution in [0.1, 0.15) is 44.6 Å². The van der Waals surface area contributed by atoms with Gasteiger partial charge in [0.05, 0.1) is 22.8 Å². The molecule has 2 rings (SSSR count). The predicted molar refractivity (Wildman–Crippen MR) is 67.1 cm³/mol. The molecule has 0 aliphatic heterocycles. The number of aromatic hydroxyl groups is 1. The molecule has 0 fully saturated rings. The van der Waals surface area contributed by atoms with E-state index in [0.717, 1.165) is 24.4 Å². The number of aromatic nitrogens is 3. The number of rotatable bonds is 3. The van der Waals surface area contributed by atoms with E-state index in [1.807, 2.05) is 13.8 Å². The van der Waals surface area contributed by atoms with Crippen LogP contribution in [0.2, 0.25) is 0 Å². The van der Waals surface area contributed by atoms with Crippen molar-refractivity contribution in [3.8, 4) is 5.75 Å². The van der Waals surface area contributed by atoms with Gasteiger partial charge in [0.25, 0.3) is 0 Å². The van der Waals surface area contributed by atoms with Crippen LogP contribution >= 0.6 is 0 Å². The first-order chi connectivity index (χ1) is 8.13. The van der Waals surface area contributed by atoms with Crippen molar-refractivity contribution in [2.45, 2.75) is 39.5 Å². The van der Waals surface area contributed by atoms with Gasteiger partial charge in [0.2, 0.25) is 0 Å². The molecule has 4 heteroatoms. The second-order valence-corrected chi connectivity index (χ2v) is 4.49. The van der Waals surface area contributed by atoms with Gasteiger partial charge >= 0.3 is 0 Å². The molecule has 0 spiro atoms. The number of aryl methyl sites for hydroxylation is 1. The zero-order chi connectivity index (χ0) is 12.4. The Hall–Kier alpha value is -1.71. The molecule has 2 aromatic heterocycles. The number of fused-ring (bicyclic) bond motifs is 1. The molecule has 1 N–H and O–H groups in total. The van der Waals surface area contributed by atoms with Crippen LogP contribution in [0.3, 0.4) is 0 Å². The van der Waals surface area contributed by atoms with Gasteiger partial charge < -0.3 is 5.11 Å². The lowest BCUT2D eigenvalue weighted by Crippen LogP contribution is -1.99. The maximum atomic E-state index is 10.1. The van der Waals surface area contributed by atoms with Crippen LogP contribution in [0.15, 0.2) is 12.4 Å². The first-order valence-corrected chi connectivity index (χ1v) is 5.97. The quantitative estimate of drug-likeness (QED) is 0.882. The molecule has 0 amide bonds. The molecule has 17 heavy (non-hydrogen) atoms. The van der Waals surface area contributed by atoms with Crippen molar-refractivity contribution >= 4 is 10.9 Å². The number of hydrogen-bond acceptors (Lipinski definition) is 4. The molecule has 90 valence electrons. The molecule has 0 saturated heterocycles. The van der Waals surface area contributed by atoms with Crippen molar-refractivity contribution in [2.24, 2.45) is 0 Å². The van der Waals surface area contributed by atoms with E-state index in [1.54, 1.807) is 12.4 Å². The molecule has 4 nitrogen and oxygen atoms in total. The van der Waals surface area contributed by atoms with Gasteiger partial charge in [0.1, 0.15) is 11.6 Å². The van der Waals surface area contributed by atoms with Crippen molar-refractivity contribution in [3.63, 3.8) is 0 Å². The second-order valence-electron chi connectivity index (χ2n) is 4.49. The highest BCUT2D eigenvalue weighted by Gasteiger charge is 2.10. The fourth-order valence-corrected chi connectivity index (χ4v) is 1.74. The maximum Gasteiger partial charge on any atom is 0.148 e. The second kappa shape index (κ2) is 4.65. The zero-order valence-corrected chi connectivity index (χ0v) is 10.4. The standard InChI is InChI=1S/C13H17N3O/c1-4-5-10-12(17)9-6-15-13(8(2)3)16-11(9)7-14-10/h6-8,17H,4-5H2,1-3H3. The minimum Gasteiger partial charge on any atom is -0.505 e. The fourth-order valence-electron chi connectivity index (χ4n) is 1.74. The molecular formula is C13H17N3O. The summed E-state index contributed by atoms with van der Waals surface area (Å²) in [7, 11) is 0. The van der Waals surface area contributed by atoms with E-state index < -0.39 is 0 Å². The Labute approximate surface area is 101 Å². The first kappa shape index (κ1) is 11.8. The summed E-state index contributed by atoms with van der Waals surface area (Å²) in [5.41, 5.74) is 1.43. The average molecular weight is 231 g/mol. The number of hydrogen-bond donors (Lipinski definition) is 1. The summed E-state index contributed by atoms with van der Waals surface area (Å²) in [5, 5.41) is 10.8. The van der Waals surface area contributed by atoms with Crippen LogP contribution in [0.4, 0.5) is 0 Å². The van der Waals surface area contributed by atoms with Crippen molar-refractivity contribution < 1.29 is 5.11 Å². The first-order valence-electron chi connectivity index (χ1n) is 5.97. The van der Waals surface area contributed by atoms with Crippen molar-refractivity contribution in [1.29, 1.82) is 0 Å². The highest BCUT2D eigenvalue weighted by Crippen LogP contribution is 2.26. The van der Waals surface area contributed by atoms with Crippen molar-refractivity contribution in [3.05, 3.63) is 23.9 Å². The Morgan fingerprint density at radius 2 is 2.00 bits per heavy atom. The molecule has 0 aliphatic rings. The molecule has 0 bridgehead atoms. The molecule has 0 radical (unpaired) electrons. The maximum absolute atomic E-state index is 10.1. The normalized spacial score (nSPS) is 11.3. The van der Waals surface area contributed by atoms with Crippen LogP contribution in [0, 0.1) is 0 Å². The third-order valence-corrected chi connectivity index (χ3v) is 2.71. The van der Waals surface area contributed by atoms with Gasteiger partial charge in [-0.1, -0.05) is 27.2 Å². The van der Waals surface area contributed by atoms with E-state index >= 15 is 0 Å². The molecular weight excluding hydrogens is 214 g/mol. The largest absolute Gasteiger partial charge is 0.505 e. The van der Waals surface area contributed by atoms with E-state index in [-0.39, 0.29) is 11.7 Å². The number of pyridine rings is 1. The molecule has 0 aromatic carbocycles. The van der Waals surface area contributed by atoms with Crippen LogP contribution in [0.25, 0.3) is 10.9 Å². The highest BCUT2D eigenvalue weighted by atomic mass is 16.3. The Morgan fingerprint density at radius 1 is 1.24 bits per heavy atom. The topological polar surface area (TPSA) is 58.9 Å². The minimum atomic E-state index is 0.222. The van der Waals surface area contributed by atoms with E-state index in [2.05, 4.69) is 21.9 Å². The Balaban J connectivity index is 2.56. The third-order valence-electron chi connectivity index (χ3n) is 2.71. The lowest BCUT2D eigenvalue weighted by atomic mass is 10.1. The Bertz CT molecular complexity index is 537. The van der Waals surface area contributed by atoms with Gasteiger partial charge in [-0.3, -0.25) is 4.98 Å². The molecule has 2 aromatic rings. The zero-order valence-electron chi connectivity index (χ0n) is 10.4. The molecule has 0 unspecified atom stereocenters. The minimum absolute atomic E-state index is 0.222. The van der Waals surface area contributed by atoms with Crippen molar-refractivity contribution in [1.82, 2.24) is 15.0 Å². The van der Waals surface area contributed by atoms with Crippen molar-refractivity contribution in [2.75, 3.05) is 0 Å². The fraction of sp³-hybridized carbons (Fsp3) is 0.462. The van der Waals surface area contributed by atoms with E-state index in [9.17, 15) is 5.11 Å². The molecule has 0 saturated carbocycles. The van der Waals surface area contributed by atoms with E-state index in [4.69, 9.17) is 0 Å². The van der Waals surface area contributed by atoms with Gasteiger partial charge in [-0.15, -0.1) is 0 Å². The molecule has 2 heterocycles. The molecule has 0 atom stereocenters. The monoisotopic (exact) mass is 231 g/mol. The lowest BCUT2D eigenvalue weighted by molar-refractivity contribution is 0.469. The van der Waals surface area contributed by atoms with E-state index in [1.165, 1.54) is 0 Å². The summed E-state index contributed by atoms with van der Waals surface area (Å²) in [6.07, 6.45) is 5.13. The highest BCUT2D eigenvalue weighted by molar-refractivity contribution is 5.84. The Morgan fingerprint density at radius 3 is 2.65 bits per heavy atom. The van der Waals surface area contributed by atoms with Crippen LogP contribution in [0.5, 0.6) is 5.75 Å². The summed E-state index contributed by atoms with van der Waals surface area (Å²) in [5.74, 6) is 1.28. The van der Waals surface area contributed by atoms with E-state index in [0.29, 0.717) is 10.9 Å². The molecule has 0 aliphatic carbocycles. The predicted octanol–water partition coefficient (Wildman–Crippen LogP) is 2.81. The van der Waals surface area contributed by atoms with Crippen LogP contribution in [-0.4, -0.2) is 20.1 Å². The lowest BCUT2D eigenvalue weighted by Gasteiger charge is -2.08. The van der Waals surface area contributed by atoms with Gasteiger partial charge in [0.15, 0.2) is 0 Å². The average Bonchev–Trinajstić information content (AvgIpc) is 2.32. The summed E-state index contributed by atoms with van der Waals surface area (Å²) in [4.78, 5) is 12.9. The smallest absolute Gasteiger partial charge is 0.148 e. The van der Waals surface area contributed by atoms with Gasteiger partial charge in [-0.2, -0.15) is 0 Å². The van der Waals surface area contributed by atoms with Crippen LogP contribution < -0.4 is 0 Å². The number of nitrogens with zero attached hydrogens (tertiary/aromatic N) is 3. The van der Waals surface area contributed by atoms with Gasteiger partial charge in [0, 0.05) is 12.1 Å². The third kappa shape index (κ3) is 2.20. The summed E-state index contributed by atoms with van der Waals surface area (Å²) < 4.78 is 0.